The van der Waals surface area contributed by atoms with Gasteiger partial charge in [-0.15, -0.1) is 0 Å². The number of likely N-dealkylation sites (tertiary alicyclic amines) is 1. The molecule has 1 spiro atoms. The lowest BCUT2D eigenvalue weighted by Crippen LogP contribution is -2.64. The maximum absolute atomic E-state index is 14.2. The number of fused-ring (bicyclic) bond motifs is 2. The number of aliphatic hydroxyl groups excluding tert-OH is 1. The summed E-state index contributed by atoms with van der Waals surface area (Å²) >= 11 is 12.6. The minimum atomic E-state index is -1.43. The molecule has 3 aliphatic rings. The van der Waals surface area contributed by atoms with E-state index < -0.39 is 36.0 Å². The van der Waals surface area contributed by atoms with E-state index in [1.807, 2.05) is 6.07 Å². The molecule has 3 atom stereocenters. The summed E-state index contributed by atoms with van der Waals surface area (Å²) in [6, 6.07) is 12.2. The molecule has 1 saturated heterocycles. The first-order valence-corrected chi connectivity index (χ1v) is 12.0. The number of carbonyl (C=O) groups excluding carboxylic acids is 2. The molecule has 0 unspecified atom stereocenters. The molecular formula is C25H24Cl2N2O5. The Morgan fingerprint density at radius 1 is 1.09 bits per heavy atom. The number of aliphatic hydroxyl groups is 1. The first kappa shape index (κ1) is 23.1. The van der Waals surface area contributed by atoms with Crippen LogP contribution in [0.2, 0.25) is 10.0 Å². The zero-order chi connectivity index (χ0) is 24.2. The number of hydrogen-bond donors (Lipinski definition) is 2. The van der Waals surface area contributed by atoms with Gasteiger partial charge in [0.15, 0.2) is 5.54 Å². The van der Waals surface area contributed by atoms with Crippen LogP contribution in [0.4, 0.5) is 5.69 Å². The third-order valence-corrected chi connectivity index (χ3v) is 7.72. The Bertz CT molecular complexity index is 1180. The predicted octanol–water partition coefficient (Wildman–Crippen LogP) is 4.00. The minimum Gasteiger partial charge on any atom is -0.481 e. The zero-order valence-corrected chi connectivity index (χ0v) is 19.8. The van der Waals surface area contributed by atoms with Gasteiger partial charge in [-0.1, -0.05) is 41.4 Å². The third kappa shape index (κ3) is 3.58. The Morgan fingerprint density at radius 3 is 2.47 bits per heavy atom. The van der Waals surface area contributed by atoms with Crippen molar-refractivity contribution in [1.29, 1.82) is 0 Å². The van der Waals surface area contributed by atoms with Crippen LogP contribution in [0.3, 0.4) is 0 Å². The zero-order valence-electron chi connectivity index (χ0n) is 18.3. The number of halogens is 2. The average Bonchev–Trinajstić information content (AvgIpc) is 3.57. The van der Waals surface area contributed by atoms with Crippen molar-refractivity contribution in [3.63, 3.8) is 0 Å². The van der Waals surface area contributed by atoms with E-state index in [4.69, 9.17) is 23.2 Å². The van der Waals surface area contributed by atoms with Gasteiger partial charge in [-0.2, -0.15) is 0 Å². The number of amides is 2. The number of carbonyl (C=O) groups is 3. The van der Waals surface area contributed by atoms with Gasteiger partial charge in [0.05, 0.1) is 12.1 Å². The number of carboxylic acid groups (broad SMARTS) is 1. The largest absolute Gasteiger partial charge is 0.481 e. The fourth-order valence-corrected chi connectivity index (χ4v) is 6.00. The van der Waals surface area contributed by atoms with Crippen LogP contribution in [0.25, 0.3) is 0 Å². The minimum absolute atomic E-state index is 0.166. The van der Waals surface area contributed by atoms with Crippen molar-refractivity contribution in [2.24, 2.45) is 11.8 Å². The maximum atomic E-state index is 14.2. The highest BCUT2D eigenvalue weighted by Gasteiger charge is 2.64. The Kier molecular flexibility index (Phi) is 5.82. The summed E-state index contributed by atoms with van der Waals surface area (Å²) in [5.41, 5.74) is 0.355. The van der Waals surface area contributed by atoms with Gasteiger partial charge in [-0.05, 0) is 55.0 Å². The fraction of sp³-hybridized carbons (Fsp3) is 0.400. The summed E-state index contributed by atoms with van der Waals surface area (Å²) in [6.07, 6.45) is 1.73. The molecule has 2 aliphatic heterocycles. The van der Waals surface area contributed by atoms with Crippen LogP contribution < -0.4 is 4.90 Å². The molecule has 1 aliphatic carbocycles. The van der Waals surface area contributed by atoms with E-state index in [1.54, 1.807) is 41.3 Å². The molecule has 0 radical (unpaired) electrons. The summed E-state index contributed by atoms with van der Waals surface area (Å²) in [7, 11) is 0. The summed E-state index contributed by atoms with van der Waals surface area (Å²) in [6.45, 7) is -0.223. The van der Waals surface area contributed by atoms with Gasteiger partial charge in [0.1, 0.15) is 6.73 Å². The highest BCUT2D eigenvalue weighted by atomic mass is 35.5. The molecule has 0 aromatic heterocycles. The standard InChI is InChI=1S/C25H24Cl2N2O5/c26-17-3-1-2-15(8-17)20-9-16(10-22(31)32)23(33)29(12-14-4-5-14)25(20)19-7-6-18(27)11-21(19)28(13-30)24(25)34/h1-3,6-8,11,14,16,20,30H,4-5,9-10,12-13H2,(H,31,32)/t16-,20-,25+/m1/s1. The first-order chi connectivity index (χ1) is 16.3. The fourth-order valence-electron chi connectivity index (χ4n) is 5.63. The summed E-state index contributed by atoms with van der Waals surface area (Å²) in [5.74, 6) is -2.92. The average molecular weight is 503 g/mol. The number of piperidine rings is 1. The number of anilines is 1. The normalized spacial score (nSPS) is 26.3. The van der Waals surface area contributed by atoms with Crippen LogP contribution in [-0.4, -0.2) is 46.2 Å². The highest BCUT2D eigenvalue weighted by molar-refractivity contribution is 6.31. The molecule has 2 fully saturated rings. The Labute approximate surface area is 206 Å². The second-order valence-electron chi connectivity index (χ2n) is 9.33. The van der Waals surface area contributed by atoms with Crippen molar-refractivity contribution in [3.8, 4) is 0 Å². The topological polar surface area (TPSA) is 98.2 Å². The summed E-state index contributed by atoms with van der Waals surface area (Å²) < 4.78 is 0. The van der Waals surface area contributed by atoms with Crippen LogP contribution in [0.5, 0.6) is 0 Å². The van der Waals surface area contributed by atoms with Crippen molar-refractivity contribution in [1.82, 2.24) is 4.90 Å². The molecule has 2 aromatic rings. The summed E-state index contributed by atoms with van der Waals surface area (Å²) in [4.78, 5) is 42.5. The van der Waals surface area contributed by atoms with Gasteiger partial charge in [0.25, 0.3) is 5.91 Å². The molecule has 2 amide bonds. The molecule has 178 valence electrons. The molecule has 0 bridgehead atoms. The van der Waals surface area contributed by atoms with E-state index in [1.165, 1.54) is 4.90 Å². The Balaban J connectivity index is 1.78. The SMILES string of the molecule is O=C(O)C[C@H]1C[C@H](c2cccc(Cl)c2)[C@@]2(C(=O)N(CO)c3cc(Cl)ccc32)N(CC2CC2)C1=O. The molecule has 2 N–H and O–H groups in total. The molecular weight excluding hydrogens is 479 g/mol. The van der Waals surface area contributed by atoms with Crippen molar-refractivity contribution in [3.05, 3.63) is 63.6 Å². The molecule has 7 nitrogen and oxygen atoms in total. The number of hydrogen-bond acceptors (Lipinski definition) is 4. The number of rotatable bonds is 6. The second kappa shape index (κ2) is 8.56. The predicted molar refractivity (Wildman–Crippen MR) is 127 cm³/mol. The van der Waals surface area contributed by atoms with E-state index in [-0.39, 0.29) is 24.7 Å². The van der Waals surface area contributed by atoms with E-state index >= 15 is 0 Å². The first-order valence-electron chi connectivity index (χ1n) is 11.3. The number of benzene rings is 2. The number of carboxylic acids is 1. The van der Waals surface area contributed by atoms with Crippen molar-refractivity contribution in [2.45, 2.75) is 37.1 Å². The van der Waals surface area contributed by atoms with Crippen LogP contribution in [0.1, 0.15) is 42.7 Å². The summed E-state index contributed by atoms with van der Waals surface area (Å²) in [5, 5.41) is 20.6. The van der Waals surface area contributed by atoms with Gasteiger partial charge >= 0.3 is 5.97 Å². The smallest absolute Gasteiger partial charge is 0.304 e. The van der Waals surface area contributed by atoms with E-state index in [0.717, 1.165) is 18.4 Å². The van der Waals surface area contributed by atoms with Crippen LogP contribution in [0, 0.1) is 11.8 Å². The van der Waals surface area contributed by atoms with Gasteiger partial charge in [0.2, 0.25) is 5.91 Å². The van der Waals surface area contributed by atoms with Crippen LogP contribution in [-0.2, 0) is 19.9 Å². The van der Waals surface area contributed by atoms with E-state index in [9.17, 15) is 24.6 Å². The molecule has 9 heteroatoms. The molecule has 34 heavy (non-hydrogen) atoms. The Hall–Kier alpha value is -2.61. The van der Waals surface area contributed by atoms with Gasteiger partial charge in [-0.3, -0.25) is 19.3 Å². The third-order valence-electron chi connectivity index (χ3n) is 7.25. The van der Waals surface area contributed by atoms with Crippen LogP contribution >= 0.6 is 23.2 Å². The van der Waals surface area contributed by atoms with Crippen molar-refractivity contribution in [2.75, 3.05) is 18.2 Å². The van der Waals surface area contributed by atoms with Crippen molar-refractivity contribution < 1.29 is 24.6 Å². The molecule has 1 saturated carbocycles. The van der Waals surface area contributed by atoms with Gasteiger partial charge in [-0.25, -0.2) is 0 Å². The second-order valence-corrected chi connectivity index (χ2v) is 10.2. The lowest BCUT2D eigenvalue weighted by Gasteiger charge is -2.51. The lowest BCUT2D eigenvalue weighted by molar-refractivity contribution is -0.161. The highest BCUT2D eigenvalue weighted by Crippen LogP contribution is 2.58. The van der Waals surface area contributed by atoms with E-state index in [0.29, 0.717) is 27.8 Å². The number of nitrogens with zero attached hydrogens (tertiary/aromatic N) is 2. The number of aliphatic carboxylic acids is 1. The van der Waals surface area contributed by atoms with Gasteiger partial charge in [0, 0.05) is 34.0 Å². The van der Waals surface area contributed by atoms with Crippen LogP contribution in [0.15, 0.2) is 42.5 Å². The molecule has 2 aromatic carbocycles. The quantitative estimate of drug-likeness (QED) is 0.621. The Morgan fingerprint density at radius 2 is 1.82 bits per heavy atom. The van der Waals surface area contributed by atoms with Crippen molar-refractivity contribution >= 4 is 46.7 Å². The monoisotopic (exact) mass is 502 g/mol. The van der Waals surface area contributed by atoms with Gasteiger partial charge < -0.3 is 15.1 Å². The lowest BCUT2D eigenvalue weighted by atomic mass is 9.66. The molecule has 2 heterocycles. The van der Waals surface area contributed by atoms with E-state index in [2.05, 4.69) is 0 Å². The molecule has 5 rings (SSSR count). The maximum Gasteiger partial charge on any atom is 0.304 e.